The van der Waals surface area contributed by atoms with Gasteiger partial charge in [0.25, 0.3) is 5.91 Å². The van der Waals surface area contributed by atoms with E-state index in [0.717, 1.165) is 5.75 Å². The van der Waals surface area contributed by atoms with Gasteiger partial charge in [-0.25, -0.2) is 0 Å². The van der Waals surface area contributed by atoms with Crippen molar-refractivity contribution in [1.29, 1.82) is 0 Å². The molecule has 5 nitrogen and oxygen atoms in total. The fourth-order valence-electron chi connectivity index (χ4n) is 4.82. The fourth-order valence-corrected chi connectivity index (χ4v) is 5.93. The molecule has 2 aliphatic rings. The van der Waals surface area contributed by atoms with Crippen LogP contribution in [0.1, 0.15) is 53.0 Å². The number of fused-ring (bicyclic) bond motifs is 3. The molecule has 3 aromatic rings. The van der Waals surface area contributed by atoms with Crippen molar-refractivity contribution in [3.05, 3.63) is 93.4 Å². The van der Waals surface area contributed by atoms with Gasteiger partial charge in [-0.1, -0.05) is 42.5 Å². The Morgan fingerprint density at radius 2 is 1.71 bits per heavy atom. The SMILES string of the molecule is CC(C)N1C[C@H]([C@@H]2c3ccccc3CSc3ccccc32)n2ccc(=O)c(O)c2C1=O. The molecule has 0 saturated carbocycles. The number of nitrogens with zero attached hydrogens (tertiary/aromatic N) is 2. The first kappa shape index (κ1) is 19.9. The van der Waals surface area contributed by atoms with Gasteiger partial charge in [-0.05, 0) is 36.6 Å². The third kappa shape index (κ3) is 3.17. The molecule has 2 aromatic carbocycles. The molecule has 1 amide bonds. The molecule has 1 aromatic heterocycles. The molecule has 3 heterocycles. The van der Waals surface area contributed by atoms with Crippen molar-refractivity contribution in [3.63, 3.8) is 0 Å². The molecule has 0 saturated heterocycles. The van der Waals surface area contributed by atoms with Crippen molar-refractivity contribution >= 4 is 17.7 Å². The second-order valence-corrected chi connectivity index (χ2v) is 9.42. The Bertz CT molecular complexity index is 1190. The molecule has 0 unspecified atom stereocenters. The summed E-state index contributed by atoms with van der Waals surface area (Å²) < 4.78 is 1.83. The van der Waals surface area contributed by atoms with Gasteiger partial charge in [-0.15, -0.1) is 11.8 Å². The topological polar surface area (TPSA) is 62.5 Å². The molecule has 0 aliphatic carbocycles. The van der Waals surface area contributed by atoms with Crippen molar-refractivity contribution in [2.75, 3.05) is 6.54 Å². The monoisotopic (exact) mass is 432 g/mol. The number of aromatic hydroxyl groups is 1. The van der Waals surface area contributed by atoms with E-state index in [-0.39, 0.29) is 29.6 Å². The van der Waals surface area contributed by atoms with Crippen LogP contribution in [-0.4, -0.2) is 33.1 Å². The van der Waals surface area contributed by atoms with Crippen LogP contribution in [0.2, 0.25) is 0 Å². The standard InChI is InChI=1S/C25H24N2O3S/c1-15(2)27-13-19(26-12-11-20(28)24(29)23(26)25(27)30)22-17-8-4-3-7-16(17)14-31-21-10-6-5-9-18(21)22/h3-12,15,19,22,29H,13-14H2,1-2H3/t19-,22-/m1/s1. The number of pyridine rings is 1. The summed E-state index contributed by atoms with van der Waals surface area (Å²) in [7, 11) is 0. The fraction of sp³-hybridized carbons (Fsp3) is 0.280. The molecule has 0 spiro atoms. The Kier molecular flexibility index (Phi) is 4.89. The lowest BCUT2D eigenvalue weighted by Gasteiger charge is -2.42. The number of aromatic nitrogens is 1. The minimum Gasteiger partial charge on any atom is -0.503 e. The zero-order valence-electron chi connectivity index (χ0n) is 17.5. The Morgan fingerprint density at radius 1 is 1.00 bits per heavy atom. The number of amides is 1. The third-order valence-electron chi connectivity index (χ3n) is 6.34. The lowest BCUT2D eigenvalue weighted by Crippen LogP contribution is -2.49. The minimum atomic E-state index is -0.527. The molecule has 1 N–H and O–H groups in total. The van der Waals surface area contributed by atoms with Crippen LogP contribution in [0.25, 0.3) is 0 Å². The van der Waals surface area contributed by atoms with E-state index in [2.05, 4.69) is 48.5 Å². The van der Waals surface area contributed by atoms with Gasteiger partial charge in [0, 0.05) is 41.4 Å². The first-order valence-corrected chi connectivity index (χ1v) is 11.5. The summed E-state index contributed by atoms with van der Waals surface area (Å²) in [5.74, 6) is 0.0988. The van der Waals surface area contributed by atoms with Crippen molar-refractivity contribution in [2.24, 2.45) is 0 Å². The molecule has 0 radical (unpaired) electrons. The van der Waals surface area contributed by atoms with Crippen molar-refractivity contribution < 1.29 is 9.90 Å². The number of benzene rings is 2. The number of carbonyl (C=O) groups excluding carboxylic acids is 1. The Balaban J connectivity index is 1.79. The number of hydrogen-bond acceptors (Lipinski definition) is 4. The zero-order chi connectivity index (χ0) is 21.7. The normalized spacial score (nSPS) is 20.1. The van der Waals surface area contributed by atoms with E-state index in [1.807, 2.05) is 30.2 Å². The lowest BCUT2D eigenvalue weighted by molar-refractivity contribution is 0.0587. The van der Waals surface area contributed by atoms with Crippen LogP contribution in [0.4, 0.5) is 0 Å². The van der Waals surface area contributed by atoms with Gasteiger partial charge in [0.05, 0.1) is 6.04 Å². The summed E-state index contributed by atoms with van der Waals surface area (Å²) in [4.78, 5) is 28.4. The third-order valence-corrected chi connectivity index (χ3v) is 7.48. The highest BCUT2D eigenvalue weighted by Gasteiger charge is 2.41. The highest BCUT2D eigenvalue weighted by Crippen LogP contribution is 2.47. The van der Waals surface area contributed by atoms with E-state index in [0.29, 0.717) is 6.54 Å². The molecular formula is C25H24N2O3S. The Hall–Kier alpha value is -2.99. The number of rotatable bonds is 2. The van der Waals surface area contributed by atoms with Crippen LogP contribution in [-0.2, 0) is 5.75 Å². The lowest BCUT2D eigenvalue weighted by atomic mass is 9.81. The first-order valence-electron chi connectivity index (χ1n) is 10.5. The number of thioether (sulfide) groups is 1. The zero-order valence-corrected chi connectivity index (χ0v) is 18.3. The predicted molar refractivity (Wildman–Crippen MR) is 122 cm³/mol. The molecule has 158 valence electrons. The molecule has 0 fully saturated rings. The van der Waals surface area contributed by atoms with E-state index in [1.165, 1.54) is 27.7 Å². The van der Waals surface area contributed by atoms with Crippen LogP contribution in [0.5, 0.6) is 5.75 Å². The van der Waals surface area contributed by atoms with E-state index in [4.69, 9.17) is 0 Å². The summed E-state index contributed by atoms with van der Waals surface area (Å²) in [6.45, 7) is 4.44. The summed E-state index contributed by atoms with van der Waals surface area (Å²) >= 11 is 1.83. The Morgan fingerprint density at radius 3 is 2.48 bits per heavy atom. The maximum atomic E-state index is 13.2. The molecule has 31 heavy (non-hydrogen) atoms. The van der Waals surface area contributed by atoms with E-state index in [1.54, 1.807) is 11.1 Å². The van der Waals surface area contributed by atoms with Crippen molar-refractivity contribution in [2.45, 2.75) is 42.5 Å². The summed E-state index contributed by atoms with van der Waals surface area (Å²) in [5.41, 5.74) is 3.27. The van der Waals surface area contributed by atoms with Gasteiger partial charge in [0.15, 0.2) is 11.4 Å². The van der Waals surface area contributed by atoms with Gasteiger partial charge in [0.1, 0.15) is 0 Å². The van der Waals surface area contributed by atoms with Crippen molar-refractivity contribution in [1.82, 2.24) is 9.47 Å². The van der Waals surface area contributed by atoms with Gasteiger partial charge in [-0.2, -0.15) is 0 Å². The summed E-state index contributed by atoms with van der Waals surface area (Å²) in [6, 6.07) is 18.0. The summed E-state index contributed by atoms with van der Waals surface area (Å²) in [6.07, 6.45) is 1.67. The van der Waals surface area contributed by atoms with E-state index in [9.17, 15) is 14.7 Å². The van der Waals surface area contributed by atoms with Crippen LogP contribution >= 0.6 is 11.8 Å². The Labute approximate surface area is 185 Å². The largest absolute Gasteiger partial charge is 0.503 e. The molecule has 0 bridgehead atoms. The molecule has 2 aliphatic heterocycles. The quantitative estimate of drug-likeness (QED) is 0.652. The maximum absolute atomic E-state index is 13.2. The average Bonchev–Trinajstić information content (AvgIpc) is 2.93. The number of carbonyl (C=O) groups is 1. The van der Waals surface area contributed by atoms with E-state index < -0.39 is 11.2 Å². The maximum Gasteiger partial charge on any atom is 0.274 e. The first-order chi connectivity index (χ1) is 15.0. The predicted octanol–water partition coefficient (Wildman–Crippen LogP) is 4.40. The number of hydrogen-bond donors (Lipinski definition) is 1. The molecular weight excluding hydrogens is 408 g/mol. The highest BCUT2D eigenvalue weighted by atomic mass is 32.2. The average molecular weight is 433 g/mol. The van der Waals surface area contributed by atoms with Gasteiger partial charge < -0.3 is 14.6 Å². The molecule has 6 heteroatoms. The van der Waals surface area contributed by atoms with E-state index >= 15 is 0 Å². The molecule has 2 atom stereocenters. The van der Waals surface area contributed by atoms with Crippen LogP contribution in [0, 0.1) is 0 Å². The van der Waals surface area contributed by atoms with Gasteiger partial charge in [-0.3, -0.25) is 9.59 Å². The second kappa shape index (κ2) is 7.61. The second-order valence-electron chi connectivity index (χ2n) is 8.41. The van der Waals surface area contributed by atoms with Crippen LogP contribution in [0.3, 0.4) is 0 Å². The minimum absolute atomic E-state index is 0.0163. The van der Waals surface area contributed by atoms with Crippen LogP contribution < -0.4 is 5.43 Å². The smallest absolute Gasteiger partial charge is 0.274 e. The summed E-state index contributed by atoms with van der Waals surface area (Å²) in [5, 5.41) is 10.6. The van der Waals surface area contributed by atoms with Crippen LogP contribution in [0.15, 0.2) is 70.5 Å². The van der Waals surface area contributed by atoms with Gasteiger partial charge >= 0.3 is 0 Å². The molecule has 5 rings (SSSR count). The highest BCUT2D eigenvalue weighted by molar-refractivity contribution is 7.98. The van der Waals surface area contributed by atoms with Crippen molar-refractivity contribution in [3.8, 4) is 5.75 Å². The van der Waals surface area contributed by atoms with Gasteiger partial charge in [0.2, 0.25) is 5.43 Å².